The summed E-state index contributed by atoms with van der Waals surface area (Å²) in [6.45, 7) is 2.21. The normalized spacial score (nSPS) is 11.4. The van der Waals surface area contributed by atoms with Gasteiger partial charge in [0.05, 0.1) is 14.2 Å². The molecular weight excluding hydrogens is 188 g/mol. The van der Waals surface area contributed by atoms with Crippen LogP contribution in [0.2, 0.25) is 0 Å². The van der Waals surface area contributed by atoms with Gasteiger partial charge in [-0.05, 0) is 6.42 Å². The molecule has 0 rings (SSSR count). The molecule has 0 aliphatic heterocycles. The SMILES string of the molecule is CCC(CNC(=O)OC)NC(=O)OC. The van der Waals surface area contributed by atoms with Gasteiger partial charge in [-0.2, -0.15) is 0 Å². The molecule has 1 unspecified atom stereocenters. The molecule has 0 aliphatic carbocycles. The average Bonchev–Trinajstić information content (AvgIpc) is 2.22. The number of amides is 2. The van der Waals surface area contributed by atoms with E-state index in [-0.39, 0.29) is 6.04 Å². The molecule has 0 radical (unpaired) electrons. The highest BCUT2D eigenvalue weighted by Gasteiger charge is 2.11. The molecule has 0 bridgehead atoms. The first-order valence-electron chi connectivity index (χ1n) is 4.30. The van der Waals surface area contributed by atoms with Gasteiger partial charge in [0.1, 0.15) is 0 Å². The van der Waals surface area contributed by atoms with Gasteiger partial charge in [-0.3, -0.25) is 0 Å². The lowest BCUT2D eigenvalue weighted by atomic mass is 10.2. The molecule has 0 saturated heterocycles. The van der Waals surface area contributed by atoms with Gasteiger partial charge in [-0.1, -0.05) is 6.92 Å². The fourth-order valence-corrected chi connectivity index (χ4v) is 0.802. The van der Waals surface area contributed by atoms with Crippen LogP contribution in [0.5, 0.6) is 0 Å². The summed E-state index contributed by atoms with van der Waals surface area (Å²) in [6.07, 6.45) is -0.335. The van der Waals surface area contributed by atoms with Crippen molar-refractivity contribution < 1.29 is 19.1 Å². The van der Waals surface area contributed by atoms with Crippen molar-refractivity contribution in [3.05, 3.63) is 0 Å². The summed E-state index contributed by atoms with van der Waals surface area (Å²) in [6, 6.07) is -0.151. The largest absolute Gasteiger partial charge is 0.453 e. The van der Waals surface area contributed by atoms with Crippen LogP contribution in [0.4, 0.5) is 9.59 Å². The molecule has 0 aromatic heterocycles. The topological polar surface area (TPSA) is 76.7 Å². The van der Waals surface area contributed by atoms with E-state index < -0.39 is 12.2 Å². The molecule has 6 heteroatoms. The minimum absolute atomic E-state index is 0.151. The van der Waals surface area contributed by atoms with Gasteiger partial charge in [0.25, 0.3) is 0 Å². The van der Waals surface area contributed by atoms with Crippen LogP contribution in [0.25, 0.3) is 0 Å². The van der Waals surface area contributed by atoms with E-state index in [0.717, 1.165) is 0 Å². The van der Waals surface area contributed by atoms with Gasteiger partial charge in [-0.15, -0.1) is 0 Å². The van der Waals surface area contributed by atoms with Crippen LogP contribution in [0, 0.1) is 0 Å². The Kier molecular flexibility index (Phi) is 6.26. The van der Waals surface area contributed by atoms with E-state index in [4.69, 9.17) is 0 Å². The molecule has 0 fully saturated rings. The quantitative estimate of drug-likeness (QED) is 0.698. The number of alkyl carbamates (subject to hydrolysis) is 2. The van der Waals surface area contributed by atoms with Crippen molar-refractivity contribution >= 4 is 12.2 Å². The summed E-state index contributed by atoms with van der Waals surface area (Å²) in [4.78, 5) is 21.5. The molecule has 0 aromatic carbocycles. The average molecular weight is 204 g/mol. The molecule has 0 heterocycles. The molecule has 0 aliphatic rings. The fourth-order valence-electron chi connectivity index (χ4n) is 0.802. The zero-order chi connectivity index (χ0) is 11.0. The highest BCUT2D eigenvalue weighted by molar-refractivity contribution is 5.68. The number of ether oxygens (including phenoxy) is 2. The van der Waals surface area contributed by atoms with Gasteiger partial charge in [0.2, 0.25) is 0 Å². The Hall–Kier alpha value is -1.46. The Morgan fingerprint density at radius 2 is 1.79 bits per heavy atom. The lowest BCUT2D eigenvalue weighted by molar-refractivity contribution is 0.160. The minimum atomic E-state index is -0.518. The van der Waals surface area contributed by atoms with Crippen LogP contribution in [0.3, 0.4) is 0 Å². The van der Waals surface area contributed by atoms with E-state index in [9.17, 15) is 9.59 Å². The summed E-state index contributed by atoms with van der Waals surface area (Å²) in [7, 11) is 2.57. The van der Waals surface area contributed by atoms with Gasteiger partial charge in [0, 0.05) is 12.6 Å². The summed E-state index contributed by atoms with van der Waals surface area (Å²) < 4.78 is 8.80. The van der Waals surface area contributed by atoms with Gasteiger partial charge in [0.15, 0.2) is 0 Å². The van der Waals surface area contributed by atoms with Gasteiger partial charge < -0.3 is 20.1 Å². The summed E-state index contributed by atoms with van der Waals surface area (Å²) >= 11 is 0. The molecule has 0 aromatic rings. The number of hydrogen-bond donors (Lipinski definition) is 2. The van der Waals surface area contributed by atoms with Crippen molar-refractivity contribution in [3.63, 3.8) is 0 Å². The number of carbonyl (C=O) groups is 2. The van der Waals surface area contributed by atoms with Crippen molar-refractivity contribution in [1.82, 2.24) is 10.6 Å². The second-order valence-electron chi connectivity index (χ2n) is 2.61. The maximum absolute atomic E-state index is 10.8. The van der Waals surface area contributed by atoms with Crippen LogP contribution in [0.15, 0.2) is 0 Å². The smallest absolute Gasteiger partial charge is 0.407 e. The van der Waals surface area contributed by atoms with Crippen LogP contribution in [0.1, 0.15) is 13.3 Å². The maximum atomic E-state index is 10.8. The third-order valence-electron chi connectivity index (χ3n) is 1.68. The second kappa shape index (κ2) is 6.99. The second-order valence-corrected chi connectivity index (χ2v) is 2.61. The Morgan fingerprint density at radius 3 is 2.21 bits per heavy atom. The van der Waals surface area contributed by atoms with E-state index in [0.29, 0.717) is 13.0 Å². The predicted molar refractivity (Wildman–Crippen MR) is 50.0 cm³/mol. The van der Waals surface area contributed by atoms with Crippen LogP contribution in [-0.4, -0.2) is 39.0 Å². The maximum Gasteiger partial charge on any atom is 0.407 e. The standard InChI is InChI=1S/C8H16N2O4/c1-4-6(10-8(12)14-3)5-9-7(11)13-2/h6H,4-5H2,1-3H3,(H,9,11)(H,10,12). The summed E-state index contributed by atoms with van der Waals surface area (Å²) in [5, 5.41) is 5.05. The molecule has 0 saturated carbocycles. The van der Waals surface area contributed by atoms with E-state index in [2.05, 4.69) is 20.1 Å². The van der Waals surface area contributed by atoms with Crippen molar-refractivity contribution in [2.24, 2.45) is 0 Å². The van der Waals surface area contributed by atoms with E-state index >= 15 is 0 Å². The minimum Gasteiger partial charge on any atom is -0.453 e. The molecule has 0 spiro atoms. The highest BCUT2D eigenvalue weighted by atomic mass is 16.5. The molecule has 14 heavy (non-hydrogen) atoms. The zero-order valence-electron chi connectivity index (χ0n) is 8.62. The molecule has 82 valence electrons. The van der Waals surface area contributed by atoms with Gasteiger partial charge in [-0.25, -0.2) is 9.59 Å². The molecule has 1 atom stereocenters. The number of hydrogen-bond acceptors (Lipinski definition) is 4. The monoisotopic (exact) mass is 204 g/mol. The predicted octanol–water partition coefficient (Wildman–Crippen LogP) is 0.477. The third kappa shape index (κ3) is 5.23. The highest BCUT2D eigenvalue weighted by Crippen LogP contribution is 1.90. The van der Waals surface area contributed by atoms with Crippen molar-refractivity contribution in [2.45, 2.75) is 19.4 Å². The number of methoxy groups -OCH3 is 2. The zero-order valence-corrected chi connectivity index (χ0v) is 8.62. The van der Waals surface area contributed by atoms with Crippen LogP contribution >= 0.6 is 0 Å². The van der Waals surface area contributed by atoms with Gasteiger partial charge >= 0.3 is 12.2 Å². The van der Waals surface area contributed by atoms with Crippen LogP contribution in [-0.2, 0) is 9.47 Å². The lowest BCUT2D eigenvalue weighted by Crippen LogP contribution is -2.43. The third-order valence-corrected chi connectivity index (χ3v) is 1.68. The molecule has 6 nitrogen and oxygen atoms in total. The summed E-state index contributed by atoms with van der Waals surface area (Å²) in [5.74, 6) is 0. The molecule has 2 N–H and O–H groups in total. The summed E-state index contributed by atoms with van der Waals surface area (Å²) in [5.41, 5.74) is 0. The van der Waals surface area contributed by atoms with E-state index in [1.807, 2.05) is 6.92 Å². The molecule has 2 amide bonds. The molecular formula is C8H16N2O4. The Labute approximate surface area is 82.9 Å². The first-order valence-corrected chi connectivity index (χ1v) is 4.30. The fraction of sp³-hybridized carbons (Fsp3) is 0.750. The van der Waals surface area contributed by atoms with Crippen molar-refractivity contribution in [2.75, 3.05) is 20.8 Å². The van der Waals surface area contributed by atoms with Crippen LogP contribution < -0.4 is 10.6 Å². The van der Waals surface area contributed by atoms with E-state index in [1.165, 1.54) is 14.2 Å². The van der Waals surface area contributed by atoms with E-state index in [1.54, 1.807) is 0 Å². The lowest BCUT2D eigenvalue weighted by Gasteiger charge is -2.15. The van der Waals surface area contributed by atoms with Crippen molar-refractivity contribution in [3.8, 4) is 0 Å². The first-order chi connectivity index (χ1) is 6.63. The number of nitrogens with one attached hydrogen (secondary N) is 2. The number of carbonyl (C=O) groups excluding carboxylic acids is 2. The Bertz CT molecular complexity index is 196. The Balaban J connectivity index is 3.79. The Morgan fingerprint density at radius 1 is 1.21 bits per heavy atom. The first kappa shape index (κ1) is 12.5. The van der Waals surface area contributed by atoms with Crippen molar-refractivity contribution in [1.29, 1.82) is 0 Å². The number of rotatable bonds is 4.